The number of ether oxygens (including phenoxy) is 1. The van der Waals surface area contributed by atoms with E-state index in [1.165, 1.54) is 0 Å². The molecule has 108 valence electrons. The Morgan fingerprint density at radius 3 is 2.37 bits per heavy atom. The van der Waals surface area contributed by atoms with Crippen LogP contribution in [0.25, 0.3) is 0 Å². The molecule has 2 rings (SSSR count). The summed E-state index contributed by atoms with van der Waals surface area (Å²) in [5.74, 6) is 1.80. The van der Waals surface area contributed by atoms with Crippen LogP contribution in [0, 0.1) is 5.92 Å². The first-order chi connectivity index (χ1) is 9.00. The predicted octanol–water partition coefficient (Wildman–Crippen LogP) is 2.57. The van der Waals surface area contributed by atoms with Crippen LogP contribution < -0.4 is 5.73 Å². The second-order valence-electron chi connectivity index (χ2n) is 5.99. The zero-order valence-electron chi connectivity index (χ0n) is 12.3. The summed E-state index contributed by atoms with van der Waals surface area (Å²) < 4.78 is 11.2. The van der Waals surface area contributed by atoms with E-state index in [1.54, 1.807) is 7.11 Å². The standard InChI is InChI=1S/C14H25N3O2/c1-9(2)11(10(3)15)12-16-13(17-19-12)14(18-4)7-5-6-8-14/h9-11H,5-8,15H2,1-4H3. The van der Waals surface area contributed by atoms with Crippen LogP contribution in [-0.2, 0) is 10.3 Å². The molecule has 5 heteroatoms. The first kappa shape index (κ1) is 14.5. The van der Waals surface area contributed by atoms with E-state index >= 15 is 0 Å². The van der Waals surface area contributed by atoms with Crippen LogP contribution in [0.3, 0.4) is 0 Å². The lowest BCUT2D eigenvalue weighted by Gasteiger charge is -2.23. The maximum Gasteiger partial charge on any atom is 0.231 e. The van der Waals surface area contributed by atoms with Gasteiger partial charge in [-0.1, -0.05) is 19.0 Å². The maximum atomic E-state index is 6.04. The first-order valence-electron chi connectivity index (χ1n) is 7.15. The van der Waals surface area contributed by atoms with Gasteiger partial charge in [-0.05, 0) is 38.5 Å². The first-order valence-corrected chi connectivity index (χ1v) is 7.15. The van der Waals surface area contributed by atoms with Gasteiger partial charge in [-0.25, -0.2) is 0 Å². The van der Waals surface area contributed by atoms with Crippen molar-refractivity contribution >= 4 is 0 Å². The van der Waals surface area contributed by atoms with Crippen LogP contribution >= 0.6 is 0 Å². The lowest BCUT2D eigenvalue weighted by atomic mass is 9.89. The van der Waals surface area contributed by atoms with Gasteiger partial charge >= 0.3 is 0 Å². The summed E-state index contributed by atoms with van der Waals surface area (Å²) in [6.07, 6.45) is 4.23. The minimum absolute atomic E-state index is 0.00428. The fourth-order valence-corrected chi connectivity index (χ4v) is 3.14. The molecule has 0 saturated heterocycles. The molecule has 1 saturated carbocycles. The number of rotatable bonds is 5. The summed E-state index contributed by atoms with van der Waals surface area (Å²) in [7, 11) is 1.73. The predicted molar refractivity (Wildman–Crippen MR) is 72.7 cm³/mol. The Balaban J connectivity index is 2.27. The average molecular weight is 267 g/mol. The second kappa shape index (κ2) is 5.59. The summed E-state index contributed by atoms with van der Waals surface area (Å²) in [5, 5.41) is 4.16. The summed E-state index contributed by atoms with van der Waals surface area (Å²) >= 11 is 0. The van der Waals surface area contributed by atoms with Crippen molar-refractivity contribution in [3.63, 3.8) is 0 Å². The molecule has 0 aliphatic heterocycles. The van der Waals surface area contributed by atoms with Crippen molar-refractivity contribution in [2.45, 2.75) is 64.0 Å². The molecular formula is C14H25N3O2. The molecule has 1 aliphatic rings. The van der Waals surface area contributed by atoms with Crippen LogP contribution in [0.5, 0.6) is 0 Å². The Kier molecular flexibility index (Phi) is 4.26. The minimum atomic E-state index is -0.346. The number of methoxy groups -OCH3 is 1. The van der Waals surface area contributed by atoms with Gasteiger partial charge in [-0.15, -0.1) is 0 Å². The van der Waals surface area contributed by atoms with Gasteiger partial charge in [0.2, 0.25) is 11.7 Å². The van der Waals surface area contributed by atoms with Crippen molar-refractivity contribution in [3.05, 3.63) is 11.7 Å². The monoisotopic (exact) mass is 267 g/mol. The van der Waals surface area contributed by atoms with Crippen LogP contribution in [0.1, 0.15) is 64.1 Å². The van der Waals surface area contributed by atoms with Gasteiger partial charge in [0.1, 0.15) is 5.60 Å². The third kappa shape index (κ3) is 2.67. The highest BCUT2D eigenvalue weighted by atomic mass is 16.5. The smallest absolute Gasteiger partial charge is 0.231 e. The average Bonchev–Trinajstić information content (AvgIpc) is 2.96. The Hall–Kier alpha value is -0.940. The lowest BCUT2D eigenvalue weighted by Crippen LogP contribution is -2.29. The van der Waals surface area contributed by atoms with Crippen molar-refractivity contribution in [3.8, 4) is 0 Å². The fourth-order valence-electron chi connectivity index (χ4n) is 3.14. The number of hydrogen-bond acceptors (Lipinski definition) is 5. The highest BCUT2D eigenvalue weighted by Gasteiger charge is 2.41. The highest BCUT2D eigenvalue weighted by Crippen LogP contribution is 2.40. The van der Waals surface area contributed by atoms with Gasteiger partial charge in [0, 0.05) is 13.2 Å². The normalized spacial score (nSPS) is 21.8. The Bertz CT molecular complexity index is 401. The molecule has 2 unspecified atom stereocenters. The molecule has 19 heavy (non-hydrogen) atoms. The quantitative estimate of drug-likeness (QED) is 0.887. The summed E-state index contributed by atoms with van der Waals surface area (Å²) in [5.41, 5.74) is 5.69. The van der Waals surface area contributed by atoms with Crippen molar-refractivity contribution in [1.29, 1.82) is 0 Å². The molecule has 0 aromatic carbocycles. The molecule has 1 aromatic heterocycles. The van der Waals surface area contributed by atoms with Crippen LogP contribution in [-0.4, -0.2) is 23.3 Å². The topological polar surface area (TPSA) is 74.2 Å². The van der Waals surface area contributed by atoms with Gasteiger partial charge in [0.05, 0.1) is 5.92 Å². The van der Waals surface area contributed by atoms with E-state index in [9.17, 15) is 0 Å². The van der Waals surface area contributed by atoms with Gasteiger partial charge in [0.25, 0.3) is 0 Å². The summed E-state index contributed by atoms with van der Waals surface area (Å²) in [6, 6.07) is -0.00428. The van der Waals surface area contributed by atoms with E-state index in [0.29, 0.717) is 17.6 Å². The molecule has 1 fully saturated rings. The molecule has 0 amide bonds. The Morgan fingerprint density at radius 2 is 1.89 bits per heavy atom. The molecule has 0 radical (unpaired) electrons. The molecule has 2 N–H and O–H groups in total. The van der Waals surface area contributed by atoms with E-state index in [-0.39, 0.29) is 17.6 Å². The van der Waals surface area contributed by atoms with E-state index in [2.05, 4.69) is 24.0 Å². The van der Waals surface area contributed by atoms with Crippen molar-refractivity contribution in [2.24, 2.45) is 11.7 Å². The fraction of sp³-hybridized carbons (Fsp3) is 0.857. The van der Waals surface area contributed by atoms with Gasteiger partial charge in [-0.3, -0.25) is 0 Å². The number of hydrogen-bond donors (Lipinski definition) is 1. The molecule has 1 heterocycles. The van der Waals surface area contributed by atoms with Crippen LogP contribution in [0.15, 0.2) is 4.52 Å². The maximum absolute atomic E-state index is 6.04. The highest BCUT2D eigenvalue weighted by molar-refractivity contribution is 5.07. The van der Waals surface area contributed by atoms with Crippen LogP contribution in [0.4, 0.5) is 0 Å². The lowest BCUT2D eigenvalue weighted by molar-refractivity contribution is -0.0178. The molecule has 1 aliphatic carbocycles. The third-order valence-electron chi connectivity index (χ3n) is 4.22. The summed E-state index contributed by atoms with van der Waals surface area (Å²) in [6.45, 7) is 6.23. The second-order valence-corrected chi connectivity index (χ2v) is 5.99. The van der Waals surface area contributed by atoms with E-state index in [4.69, 9.17) is 15.0 Å². The molecule has 5 nitrogen and oxygen atoms in total. The Labute approximate surface area is 114 Å². The minimum Gasteiger partial charge on any atom is -0.370 e. The van der Waals surface area contributed by atoms with Crippen molar-refractivity contribution < 1.29 is 9.26 Å². The van der Waals surface area contributed by atoms with Gasteiger partial charge < -0.3 is 15.0 Å². The van der Waals surface area contributed by atoms with Gasteiger partial charge in [0.15, 0.2) is 0 Å². The van der Waals surface area contributed by atoms with Crippen molar-refractivity contribution in [2.75, 3.05) is 7.11 Å². The summed E-state index contributed by atoms with van der Waals surface area (Å²) in [4.78, 5) is 4.60. The number of aromatic nitrogens is 2. The van der Waals surface area contributed by atoms with Crippen molar-refractivity contribution in [1.82, 2.24) is 10.1 Å². The molecule has 1 aromatic rings. The third-order valence-corrected chi connectivity index (χ3v) is 4.22. The van der Waals surface area contributed by atoms with Gasteiger partial charge in [-0.2, -0.15) is 4.98 Å². The zero-order chi connectivity index (χ0) is 14.0. The molecule has 2 atom stereocenters. The van der Waals surface area contributed by atoms with E-state index < -0.39 is 0 Å². The van der Waals surface area contributed by atoms with Crippen LogP contribution in [0.2, 0.25) is 0 Å². The van der Waals surface area contributed by atoms with E-state index in [1.807, 2.05) is 6.92 Å². The Morgan fingerprint density at radius 1 is 1.26 bits per heavy atom. The molecule has 0 spiro atoms. The molecular weight excluding hydrogens is 242 g/mol. The number of nitrogens with two attached hydrogens (primary N) is 1. The number of nitrogens with zero attached hydrogens (tertiary/aromatic N) is 2. The largest absolute Gasteiger partial charge is 0.370 e. The van der Waals surface area contributed by atoms with E-state index in [0.717, 1.165) is 25.7 Å². The zero-order valence-corrected chi connectivity index (χ0v) is 12.3. The molecule has 0 bridgehead atoms. The SMILES string of the molecule is COC1(c2noc(C(C(C)C)C(C)N)n2)CCCC1.